The molecule has 4 aromatic rings. The minimum Gasteiger partial charge on any atom is -0.449 e. The third-order valence-electron chi connectivity index (χ3n) is 6.20. The van der Waals surface area contributed by atoms with Crippen molar-refractivity contribution in [1.82, 2.24) is 14.9 Å². The Labute approximate surface area is 231 Å². The first-order chi connectivity index (χ1) is 18.4. The van der Waals surface area contributed by atoms with Crippen LogP contribution in [0.1, 0.15) is 31.9 Å². The van der Waals surface area contributed by atoms with Gasteiger partial charge in [0.2, 0.25) is 0 Å². The molecule has 206 valence electrons. The first-order valence-corrected chi connectivity index (χ1v) is 14.0. The monoisotopic (exact) mass is 572 g/mol. The van der Waals surface area contributed by atoms with Crippen LogP contribution in [0, 0.1) is 0 Å². The average Bonchev–Trinajstić information content (AvgIpc) is 3.28. The van der Waals surface area contributed by atoms with Crippen LogP contribution in [-0.2, 0) is 16.6 Å². The van der Waals surface area contributed by atoms with Crippen LogP contribution in [0.4, 0.5) is 10.5 Å². The number of nitrogens with one attached hydrogen (secondary N) is 2. The number of imidazole rings is 1. The summed E-state index contributed by atoms with van der Waals surface area (Å²) in [5, 5.41) is 23.3. The van der Waals surface area contributed by atoms with E-state index in [4.69, 9.17) is 21.4 Å². The predicted molar refractivity (Wildman–Crippen MR) is 149 cm³/mol. The number of aliphatic hydroxyl groups is 1. The first-order valence-electron chi connectivity index (χ1n) is 12.1. The van der Waals surface area contributed by atoms with Gasteiger partial charge in [-0.15, -0.1) is 0 Å². The zero-order valence-electron chi connectivity index (χ0n) is 21.3. The summed E-state index contributed by atoms with van der Waals surface area (Å²) in [5.41, 5.74) is 1.82. The average molecular weight is 573 g/mol. The zero-order valence-corrected chi connectivity index (χ0v) is 22.9. The highest BCUT2D eigenvalue weighted by Gasteiger charge is 2.21. The fourth-order valence-electron chi connectivity index (χ4n) is 4.01. The number of rotatable bonds is 11. The highest BCUT2D eigenvalue weighted by Crippen LogP contribution is 2.30. The number of hydrogen-bond donors (Lipinski definition) is 4. The summed E-state index contributed by atoms with van der Waals surface area (Å²) in [6, 6.07) is 17.8. The van der Waals surface area contributed by atoms with E-state index in [9.17, 15) is 18.3 Å². The van der Waals surface area contributed by atoms with Crippen molar-refractivity contribution in [2.75, 3.05) is 11.3 Å². The third-order valence-corrected chi connectivity index (χ3v) is 7.89. The number of benzene rings is 3. The Hall–Kier alpha value is -3.64. The van der Waals surface area contributed by atoms with E-state index in [0.717, 1.165) is 0 Å². The lowest BCUT2D eigenvalue weighted by Gasteiger charge is -2.28. The van der Waals surface area contributed by atoms with Gasteiger partial charge in [-0.2, -0.15) is 0 Å². The van der Waals surface area contributed by atoms with E-state index in [2.05, 4.69) is 15.0 Å². The van der Waals surface area contributed by atoms with E-state index in [1.807, 2.05) is 18.4 Å². The molecule has 0 radical (unpaired) electrons. The molecule has 4 rings (SSSR count). The molecule has 3 aromatic carbocycles. The van der Waals surface area contributed by atoms with Gasteiger partial charge < -0.3 is 24.8 Å². The van der Waals surface area contributed by atoms with E-state index in [1.165, 1.54) is 12.1 Å². The normalized spacial score (nSPS) is 12.8. The molecule has 0 fully saturated rings. The Morgan fingerprint density at radius 1 is 1.13 bits per heavy atom. The highest BCUT2D eigenvalue weighted by molar-refractivity contribution is 7.92. The summed E-state index contributed by atoms with van der Waals surface area (Å²) >= 11 is 6.09. The van der Waals surface area contributed by atoms with Crippen molar-refractivity contribution in [3.05, 3.63) is 83.6 Å². The van der Waals surface area contributed by atoms with Crippen LogP contribution in [0.3, 0.4) is 0 Å². The zero-order chi connectivity index (χ0) is 28.2. The van der Waals surface area contributed by atoms with E-state index in [1.54, 1.807) is 60.9 Å². The molecule has 4 N–H and O–H groups in total. The third kappa shape index (κ3) is 7.27. The number of anilines is 1. The lowest BCUT2D eigenvalue weighted by molar-refractivity contribution is 0.144. The Kier molecular flexibility index (Phi) is 8.45. The number of halogens is 1. The number of fused-ring (bicyclic) bond motifs is 1. The van der Waals surface area contributed by atoms with Crippen molar-refractivity contribution in [3.63, 3.8) is 0 Å². The van der Waals surface area contributed by atoms with Crippen LogP contribution in [0.5, 0.6) is 5.75 Å². The van der Waals surface area contributed by atoms with Crippen LogP contribution in [0.25, 0.3) is 11.0 Å². The molecule has 1 aromatic heterocycles. The van der Waals surface area contributed by atoms with Crippen LogP contribution >= 0.6 is 11.6 Å². The van der Waals surface area contributed by atoms with Crippen molar-refractivity contribution in [3.8, 4) is 5.75 Å². The summed E-state index contributed by atoms with van der Waals surface area (Å²) in [7, 11) is -3.75. The minimum absolute atomic E-state index is 0.0345. The molecule has 10 nitrogen and oxygen atoms in total. The summed E-state index contributed by atoms with van der Waals surface area (Å²) in [6.07, 6.45) is -0.0269. The van der Waals surface area contributed by atoms with Crippen LogP contribution < -0.4 is 14.8 Å². The lowest BCUT2D eigenvalue weighted by atomic mass is 9.99. The molecule has 0 aliphatic heterocycles. The summed E-state index contributed by atoms with van der Waals surface area (Å²) < 4.78 is 34.5. The molecule has 0 aliphatic carbocycles. The fourth-order valence-corrected chi connectivity index (χ4v) is 5.28. The molecule has 39 heavy (non-hydrogen) atoms. The molecule has 0 saturated heterocycles. The van der Waals surface area contributed by atoms with Gasteiger partial charge >= 0.3 is 6.16 Å². The smallest absolute Gasteiger partial charge is 0.449 e. The number of aromatic nitrogens is 2. The minimum atomic E-state index is -3.75. The van der Waals surface area contributed by atoms with Crippen molar-refractivity contribution in [1.29, 1.82) is 0 Å². The molecule has 0 unspecified atom stereocenters. The van der Waals surface area contributed by atoms with Gasteiger partial charge in [0.25, 0.3) is 10.0 Å². The second kappa shape index (κ2) is 11.6. The summed E-state index contributed by atoms with van der Waals surface area (Å²) in [6.45, 7) is 4.79. The first kappa shape index (κ1) is 28.4. The Morgan fingerprint density at radius 3 is 2.59 bits per heavy atom. The van der Waals surface area contributed by atoms with Gasteiger partial charge in [-0.1, -0.05) is 41.9 Å². The Bertz CT molecular complexity index is 1570. The van der Waals surface area contributed by atoms with Gasteiger partial charge in [0.1, 0.15) is 0 Å². The number of aliphatic hydroxyl groups excluding tert-OH is 1. The maximum atomic E-state index is 12.6. The molecular weight excluding hydrogens is 544 g/mol. The predicted octanol–water partition coefficient (Wildman–Crippen LogP) is 5.04. The van der Waals surface area contributed by atoms with Gasteiger partial charge in [-0.3, -0.25) is 4.72 Å². The quantitative estimate of drug-likeness (QED) is 0.145. The molecular formula is C27H29ClN4O6S. The van der Waals surface area contributed by atoms with Gasteiger partial charge in [-0.25, -0.2) is 18.2 Å². The molecule has 0 bridgehead atoms. The van der Waals surface area contributed by atoms with Gasteiger partial charge in [0.15, 0.2) is 5.75 Å². The van der Waals surface area contributed by atoms with Crippen LogP contribution in [0.2, 0.25) is 5.02 Å². The fraction of sp³-hybridized carbons (Fsp3) is 0.259. The largest absolute Gasteiger partial charge is 0.511 e. The maximum absolute atomic E-state index is 12.6. The number of sulfonamides is 1. The van der Waals surface area contributed by atoms with E-state index in [-0.39, 0.29) is 22.2 Å². The number of nitrogens with zero attached hydrogens (tertiary/aromatic N) is 2. The SMILES string of the molecule is CC(C)(CCn1cnc2cc(Cl)c(OC(=O)O)cc21)NC[C@H](O)c1cccc(NS(=O)(=O)c2ccccc2)c1. The van der Waals surface area contributed by atoms with Gasteiger partial charge in [-0.05, 0) is 56.2 Å². The number of hydrogen-bond acceptors (Lipinski definition) is 7. The molecule has 12 heteroatoms. The number of carboxylic acid groups (broad SMARTS) is 1. The van der Waals surface area contributed by atoms with Gasteiger partial charge in [0, 0.05) is 30.4 Å². The second-order valence-corrected chi connectivity index (χ2v) is 11.7. The molecule has 1 heterocycles. The Balaban J connectivity index is 1.37. The molecule has 1 atom stereocenters. The second-order valence-electron chi connectivity index (χ2n) is 9.65. The lowest BCUT2D eigenvalue weighted by Crippen LogP contribution is -2.42. The van der Waals surface area contributed by atoms with Crippen molar-refractivity contribution < 1.29 is 28.2 Å². The number of aryl methyl sites for hydroxylation is 1. The molecule has 0 spiro atoms. The maximum Gasteiger partial charge on any atom is 0.511 e. The highest BCUT2D eigenvalue weighted by atomic mass is 35.5. The van der Waals surface area contributed by atoms with Crippen LogP contribution in [0.15, 0.2) is 78.0 Å². The number of carbonyl (C=O) groups is 1. The molecule has 0 aliphatic rings. The topological polar surface area (TPSA) is 143 Å². The van der Waals surface area contributed by atoms with Crippen molar-refractivity contribution >= 4 is 44.5 Å². The summed E-state index contributed by atoms with van der Waals surface area (Å²) in [4.78, 5) is 15.4. The van der Waals surface area contributed by atoms with E-state index < -0.39 is 27.8 Å². The van der Waals surface area contributed by atoms with Crippen molar-refractivity contribution in [2.45, 2.75) is 43.4 Å². The Morgan fingerprint density at radius 2 is 1.87 bits per heavy atom. The standard InChI is InChI=1S/C27H29ClN4O6S/c1-27(2,11-12-32-17-29-22-14-21(28)25(15-23(22)32)38-26(34)35)30-16-24(33)18-7-6-8-19(13-18)31-39(36,37)20-9-4-3-5-10-20/h3-10,13-15,17,24,30-31,33H,11-12,16H2,1-2H3,(H,34,35)/t24-/m0/s1. The molecule has 0 saturated carbocycles. The van der Waals surface area contributed by atoms with E-state index in [0.29, 0.717) is 35.2 Å². The van der Waals surface area contributed by atoms with Gasteiger partial charge in [0.05, 0.1) is 33.4 Å². The van der Waals surface area contributed by atoms with Crippen LogP contribution in [-0.4, -0.2) is 46.4 Å². The number of β-amino-alcohol motifs (C(OH)–C–C–N with tert-alkyl or cyclic N) is 1. The van der Waals surface area contributed by atoms with Crippen molar-refractivity contribution in [2.24, 2.45) is 0 Å². The summed E-state index contributed by atoms with van der Waals surface area (Å²) in [5.74, 6) is 0.0345. The number of ether oxygens (including phenoxy) is 1. The van der Waals surface area contributed by atoms with E-state index >= 15 is 0 Å². The molecule has 0 amide bonds.